The summed E-state index contributed by atoms with van der Waals surface area (Å²) in [7, 11) is 1.70. The van der Waals surface area contributed by atoms with Crippen LogP contribution in [0.4, 0.5) is 0 Å². The van der Waals surface area contributed by atoms with Crippen molar-refractivity contribution in [3.63, 3.8) is 0 Å². The van der Waals surface area contributed by atoms with Gasteiger partial charge in [0.2, 0.25) is 0 Å². The smallest absolute Gasteiger partial charge is 0.271 e. The van der Waals surface area contributed by atoms with Crippen LogP contribution in [0.25, 0.3) is 11.0 Å². The van der Waals surface area contributed by atoms with Crippen molar-refractivity contribution in [1.29, 1.82) is 0 Å². The zero-order valence-corrected chi connectivity index (χ0v) is 15.2. The monoisotopic (exact) mass is 407 g/mol. The molecule has 0 spiro atoms. The number of rotatable bonds is 6. The van der Waals surface area contributed by atoms with E-state index in [4.69, 9.17) is 10.5 Å². The van der Waals surface area contributed by atoms with Crippen molar-refractivity contribution >= 4 is 22.8 Å². The van der Waals surface area contributed by atoms with Gasteiger partial charge in [-0.15, -0.1) is 0 Å². The van der Waals surface area contributed by atoms with E-state index in [9.17, 15) is 0 Å². The number of hydrogen-bond acceptors (Lipinski definition) is 3. The second kappa shape index (κ2) is 8.09. The van der Waals surface area contributed by atoms with Crippen molar-refractivity contribution in [3.05, 3.63) is 24.0 Å². The zero-order valence-electron chi connectivity index (χ0n) is 12.2. The van der Waals surface area contributed by atoms with Crippen LogP contribution in [-0.2, 0) is 19.6 Å². The molecule has 0 unspecified atom stereocenters. The topological polar surface area (TPSA) is 44.1 Å². The van der Waals surface area contributed by atoms with Crippen LogP contribution in [-0.4, -0.2) is 23.7 Å². The summed E-state index contributed by atoms with van der Waals surface area (Å²) in [4.78, 5) is 0. The maximum absolute atomic E-state index is 5.95. The number of halogens is 1. The van der Waals surface area contributed by atoms with Crippen molar-refractivity contribution in [2.24, 2.45) is 5.73 Å². The van der Waals surface area contributed by atoms with Gasteiger partial charge >= 0.3 is 0 Å². The van der Waals surface area contributed by atoms with Gasteiger partial charge in [0, 0.05) is 11.8 Å². The van der Waals surface area contributed by atoms with Crippen LogP contribution >= 0.6 is 11.8 Å². The van der Waals surface area contributed by atoms with Gasteiger partial charge in [-0.25, -0.2) is 9.13 Å². The van der Waals surface area contributed by atoms with Gasteiger partial charge in [-0.2, -0.15) is 11.8 Å². The van der Waals surface area contributed by atoms with Crippen molar-refractivity contribution in [1.82, 2.24) is 4.57 Å². The van der Waals surface area contributed by atoms with Crippen LogP contribution in [0.15, 0.2) is 18.2 Å². The lowest BCUT2D eigenvalue weighted by Crippen LogP contribution is -3.00. The number of aryl methyl sites for hydroxylation is 2. The molecule has 0 bridgehead atoms. The highest BCUT2D eigenvalue weighted by Crippen LogP contribution is 2.21. The summed E-state index contributed by atoms with van der Waals surface area (Å²) in [5.41, 5.74) is 8.38. The Labute approximate surface area is 141 Å². The van der Waals surface area contributed by atoms with E-state index in [1.54, 1.807) is 7.11 Å². The van der Waals surface area contributed by atoms with E-state index in [1.165, 1.54) is 16.9 Å². The van der Waals surface area contributed by atoms with E-state index in [-0.39, 0.29) is 24.0 Å². The Morgan fingerprint density at radius 3 is 2.70 bits per heavy atom. The molecule has 0 radical (unpaired) electrons. The zero-order chi connectivity index (χ0) is 13.8. The summed E-state index contributed by atoms with van der Waals surface area (Å²) >= 11 is 1.85. The minimum absolute atomic E-state index is 0. The minimum atomic E-state index is 0. The second-order valence-electron chi connectivity index (χ2n) is 4.36. The Bertz CT molecular complexity index is 571. The highest BCUT2D eigenvalue weighted by atomic mass is 127. The first-order valence-corrected chi connectivity index (χ1v) is 7.94. The lowest BCUT2D eigenvalue weighted by molar-refractivity contribution is -0.675. The number of methoxy groups -OCH3 is 1. The number of benzene rings is 1. The van der Waals surface area contributed by atoms with Gasteiger partial charge in [-0.1, -0.05) is 0 Å². The number of nitrogens with zero attached hydrogens (tertiary/aromatic N) is 2. The first-order chi connectivity index (χ1) is 9.26. The van der Waals surface area contributed by atoms with Crippen molar-refractivity contribution < 1.29 is 33.3 Å². The number of thioether (sulfide) groups is 1. The predicted octanol–water partition coefficient (Wildman–Crippen LogP) is -1.22. The number of imidazole rings is 1. The predicted molar refractivity (Wildman–Crippen MR) is 80.6 cm³/mol. The van der Waals surface area contributed by atoms with Gasteiger partial charge in [0.05, 0.1) is 26.7 Å². The molecular formula is C14H22IN3OS. The molecule has 0 aliphatic rings. The molecule has 2 rings (SSSR count). The van der Waals surface area contributed by atoms with Crippen LogP contribution in [0.1, 0.15) is 12.7 Å². The molecule has 2 N–H and O–H groups in total. The molecule has 112 valence electrons. The number of nitrogens with two attached hydrogens (primary N) is 1. The van der Waals surface area contributed by atoms with E-state index in [1.807, 2.05) is 17.8 Å². The third-order valence-electron chi connectivity index (χ3n) is 3.41. The Morgan fingerprint density at radius 2 is 2.15 bits per heavy atom. The molecule has 0 amide bonds. The molecule has 0 aliphatic heterocycles. The molecule has 1 aromatic carbocycles. The van der Waals surface area contributed by atoms with E-state index >= 15 is 0 Å². The number of ether oxygens (including phenoxy) is 1. The quantitative estimate of drug-likeness (QED) is 0.483. The highest BCUT2D eigenvalue weighted by Gasteiger charge is 2.22. The summed E-state index contributed by atoms with van der Waals surface area (Å²) in [6, 6.07) is 6.23. The summed E-state index contributed by atoms with van der Waals surface area (Å²) in [6.07, 6.45) is 2.13. The van der Waals surface area contributed by atoms with Gasteiger partial charge in [0.15, 0.2) is 11.0 Å². The molecule has 0 atom stereocenters. The molecule has 20 heavy (non-hydrogen) atoms. The summed E-state index contributed by atoms with van der Waals surface area (Å²) in [5.74, 6) is 3.16. The standard InChI is InChI=1S/C14H22N3OS.HI/c1-4-16-13-9-11(18-2)5-6-12(13)17(7-8-19-3)14(16)10-15;/h5-6,9H,4,7-8,10,15H2,1-3H3;1H/q+1;/p-1. The number of aromatic nitrogens is 2. The Balaban J connectivity index is 0.00000200. The summed E-state index contributed by atoms with van der Waals surface area (Å²) in [6.45, 7) is 4.61. The largest absolute Gasteiger partial charge is 1.00 e. The average molecular weight is 407 g/mol. The van der Waals surface area contributed by atoms with Gasteiger partial charge < -0.3 is 34.4 Å². The third kappa shape index (κ3) is 3.23. The van der Waals surface area contributed by atoms with Crippen LogP contribution < -0.4 is 39.0 Å². The van der Waals surface area contributed by atoms with Gasteiger partial charge in [-0.05, 0) is 25.3 Å². The third-order valence-corrected chi connectivity index (χ3v) is 4.00. The fourth-order valence-electron chi connectivity index (χ4n) is 2.50. The number of hydrogen-bond donors (Lipinski definition) is 1. The van der Waals surface area contributed by atoms with Crippen molar-refractivity contribution in [2.45, 2.75) is 26.6 Å². The average Bonchev–Trinajstić information content (AvgIpc) is 2.76. The highest BCUT2D eigenvalue weighted by molar-refractivity contribution is 7.98. The normalized spacial score (nSPS) is 10.6. The van der Waals surface area contributed by atoms with Crippen LogP contribution in [0.3, 0.4) is 0 Å². The van der Waals surface area contributed by atoms with Gasteiger partial charge in [0.1, 0.15) is 5.75 Å². The second-order valence-corrected chi connectivity index (χ2v) is 5.35. The fraction of sp³-hybridized carbons (Fsp3) is 0.500. The minimum Gasteiger partial charge on any atom is -1.00 e. The molecule has 0 aliphatic carbocycles. The van der Waals surface area contributed by atoms with Gasteiger partial charge in [-0.3, -0.25) is 0 Å². The SMILES string of the molecule is CCn1c(CN)[n+](CCSC)c2ccc(OC)cc21.[I-]. The first kappa shape index (κ1) is 17.6. The summed E-state index contributed by atoms with van der Waals surface area (Å²) < 4.78 is 9.93. The molecule has 1 aromatic heterocycles. The van der Waals surface area contributed by atoms with E-state index < -0.39 is 0 Å². The lowest BCUT2D eigenvalue weighted by Gasteiger charge is -2.01. The molecule has 4 nitrogen and oxygen atoms in total. The first-order valence-electron chi connectivity index (χ1n) is 6.54. The van der Waals surface area contributed by atoms with Crippen LogP contribution in [0.5, 0.6) is 5.75 Å². The van der Waals surface area contributed by atoms with E-state index in [0.29, 0.717) is 6.54 Å². The Kier molecular flexibility index (Phi) is 7.11. The Hall–Kier alpha value is -0.470. The Morgan fingerprint density at radius 1 is 1.40 bits per heavy atom. The fourth-order valence-corrected chi connectivity index (χ4v) is 2.87. The maximum Gasteiger partial charge on any atom is 0.271 e. The van der Waals surface area contributed by atoms with Crippen molar-refractivity contribution in [3.8, 4) is 5.75 Å². The molecule has 2 aromatic rings. The molecule has 0 fully saturated rings. The van der Waals surface area contributed by atoms with E-state index in [0.717, 1.165) is 24.6 Å². The lowest BCUT2D eigenvalue weighted by atomic mass is 10.3. The van der Waals surface area contributed by atoms with Crippen LogP contribution in [0.2, 0.25) is 0 Å². The van der Waals surface area contributed by atoms with Gasteiger partial charge in [0.25, 0.3) is 5.82 Å². The molecule has 1 heterocycles. The maximum atomic E-state index is 5.95. The van der Waals surface area contributed by atoms with Crippen LogP contribution in [0, 0.1) is 0 Å². The summed E-state index contributed by atoms with van der Waals surface area (Å²) in [5, 5.41) is 0. The molecular weight excluding hydrogens is 385 g/mol. The van der Waals surface area contributed by atoms with E-state index in [2.05, 4.69) is 34.4 Å². The molecule has 0 saturated carbocycles. The van der Waals surface area contributed by atoms with Crippen molar-refractivity contribution in [2.75, 3.05) is 19.1 Å². The molecule has 0 saturated heterocycles. The number of fused-ring (bicyclic) bond motifs is 1. The molecule has 6 heteroatoms.